The summed E-state index contributed by atoms with van der Waals surface area (Å²) in [5.41, 5.74) is 4.06. The molecule has 2 aromatic carbocycles. The Bertz CT molecular complexity index is 1080. The van der Waals surface area contributed by atoms with Crippen molar-refractivity contribution < 1.29 is 4.79 Å². The molecule has 2 aromatic heterocycles. The van der Waals surface area contributed by atoms with Crippen molar-refractivity contribution in [1.82, 2.24) is 19.6 Å². The van der Waals surface area contributed by atoms with Gasteiger partial charge in [0.2, 0.25) is 0 Å². The normalized spacial score (nSPS) is 10.7. The van der Waals surface area contributed by atoms with Gasteiger partial charge in [-0.05, 0) is 19.1 Å². The second-order valence-corrected chi connectivity index (χ2v) is 6.37. The fourth-order valence-corrected chi connectivity index (χ4v) is 2.84. The summed E-state index contributed by atoms with van der Waals surface area (Å²) in [6.45, 7) is 2.03. The van der Waals surface area contributed by atoms with Crippen molar-refractivity contribution in [2.24, 2.45) is 7.05 Å². The van der Waals surface area contributed by atoms with Gasteiger partial charge in [-0.3, -0.25) is 9.48 Å². The highest BCUT2D eigenvalue weighted by Crippen LogP contribution is 2.25. The van der Waals surface area contributed by atoms with Crippen molar-refractivity contribution >= 4 is 11.7 Å². The molecule has 0 saturated carbocycles. The number of amides is 1. The van der Waals surface area contributed by atoms with E-state index in [1.165, 1.54) is 0 Å². The summed E-state index contributed by atoms with van der Waals surface area (Å²) in [5.74, 6) is 0.260. The molecule has 4 rings (SSSR count). The minimum Gasteiger partial charge on any atom is -0.305 e. The summed E-state index contributed by atoms with van der Waals surface area (Å²) < 4.78 is 3.37. The lowest BCUT2D eigenvalue weighted by Crippen LogP contribution is -2.13. The van der Waals surface area contributed by atoms with Crippen LogP contribution in [0.2, 0.25) is 0 Å². The molecule has 0 unspecified atom stereocenters. The van der Waals surface area contributed by atoms with Crippen LogP contribution in [0.25, 0.3) is 16.9 Å². The van der Waals surface area contributed by atoms with Crippen LogP contribution in [0.5, 0.6) is 0 Å². The van der Waals surface area contributed by atoms with E-state index in [9.17, 15) is 4.79 Å². The van der Waals surface area contributed by atoms with Crippen molar-refractivity contribution in [3.8, 4) is 16.9 Å². The van der Waals surface area contributed by atoms with Gasteiger partial charge in [0.15, 0.2) is 5.82 Å². The highest BCUT2D eigenvalue weighted by Gasteiger charge is 2.19. The summed E-state index contributed by atoms with van der Waals surface area (Å²) in [6, 6.07) is 19.5. The van der Waals surface area contributed by atoms with E-state index in [0.29, 0.717) is 17.1 Å². The molecule has 0 bridgehead atoms. The van der Waals surface area contributed by atoms with Crippen molar-refractivity contribution in [3.05, 3.63) is 84.2 Å². The zero-order valence-corrected chi connectivity index (χ0v) is 15.1. The molecule has 0 aliphatic heterocycles. The first-order valence-electron chi connectivity index (χ1n) is 8.63. The highest BCUT2D eigenvalue weighted by atomic mass is 16.1. The number of hydrogen-bond donors (Lipinski definition) is 1. The van der Waals surface area contributed by atoms with Crippen LogP contribution >= 0.6 is 0 Å². The first kappa shape index (κ1) is 16.8. The van der Waals surface area contributed by atoms with E-state index in [1.807, 2.05) is 61.5 Å². The summed E-state index contributed by atoms with van der Waals surface area (Å²) >= 11 is 0. The summed E-state index contributed by atoms with van der Waals surface area (Å²) in [7, 11) is 1.81. The predicted octanol–water partition coefficient (Wildman–Crippen LogP) is 3.83. The van der Waals surface area contributed by atoms with E-state index >= 15 is 0 Å². The summed E-state index contributed by atoms with van der Waals surface area (Å²) in [5, 5.41) is 11.7. The number of aryl methyl sites for hydroxylation is 2. The number of hydrogen-bond acceptors (Lipinski definition) is 3. The Morgan fingerprint density at radius 3 is 2.37 bits per heavy atom. The standard InChI is InChI=1S/C21H19N5O/c1-15-8-10-16(11-9-15)20-18(21(27)22-19-12-13-25(2)23-19)14-26(24-20)17-6-4-3-5-7-17/h3-14H,1-2H3,(H,22,23,27). The molecule has 0 spiro atoms. The Kier molecular flexibility index (Phi) is 4.30. The summed E-state index contributed by atoms with van der Waals surface area (Å²) in [4.78, 5) is 12.9. The van der Waals surface area contributed by atoms with Gasteiger partial charge in [-0.2, -0.15) is 10.2 Å². The molecule has 0 saturated heterocycles. The molecule has 6 nitrogen and oxygen atoms in total. The van der Waals surface area contributed by atoms with Crippen molar-refractivity contribution in [3.63, 3.8) is 0 Å². The zero-order chi connectivity index (χ0) is 18.8. The summed E-state index contributed by atoms with van der Waals surface area (Å²) in [6.07, 6.45) is 3.53. The number of anilines is 1. The first-order valence-corrected chi connectivity index (χ1v) is 8.63. The van der Waals surface area contributed by atoms with Crippen molar-refractivity contribution in [1.29, 1.82) is 0 Å². The van der Waals surface area contributed by atoms with Gasteiger partial charge < -0.3 is 5.32 Å². The van der Waals surface area contributed by atoms with Gasteiger partial charge in [0, 0.05) is 31.1 Å². The second-order valence-electron chi connectivity index (χ2n) is 6.37. The number of benzene rings is 2. The van der Waals surface area contributed by atoms with Crippen LogP contribution in [0.15, 0.2) is 73.1 Å². The molecule has 1 N–H and O–H groups in total. The molecule has 4 aromatic rings. The van der Waals surface area contributed by atoms with Crippen LogP contribution in [-0.2, 0) is 7.05 Å². The lowest BCUT2D eigenvalue weighted by molar-refractivity contribution is 0.102. The van der Waals surface area contributed by atoms with Gasteiger partial charge in [-0.15, -0.1) is 0 Å². The number of aromatic nitrogens is 4. The largest absolute Gasteiger partial charge is 0.305 e. The van der Waals surface area contributed by atoms with Gasteiger partial charge in [0.1, 0.15) is 5.69 Å². The number of carbonyl (C=O) groups excluding carboxylic acids is 1. The number of carbonyl (C=O) groups is 1. The Morgan fingerprint density at radius 1 is 0.963 bits per heavy atom. The third kappa shape index (κ3) is 3.50. The number of nitrogens with zero attached hydrogens (tertiary/aromatic N) is 4. The third-order valence-corrected chi connectivity index (χ3v) is 4.26. The Hall–Kier alpha value is -3.67. The lowest BCUT2D eigenvalue weighted by Gasteiger charge is -2.03. The average molecular weight is 357 g/mol. The SMILES string of the molecule is Cc1ccc(-c2nn(-c3ccccc3)cc2C(=O)Nc2ccn(C)n2)cc1. The van der Waals surface area contributed by atoms with Crippen LogP contribution in [0.4, 0.5) is 5.82 Å². The molecule has 27 heavy (non-hydrogen) atoms. The molecule has 0 aliphatic carbocycles. The Labute approximate surface area is 157 Å². The zero-order valence-electron chi connectivity index (χ0n) is 15.1. The molecule has 0 fully saturated rings. The molecule has 0 atom stereocenters. The average Bonchev–Trinajstić information content (AvgIpc) is 3.30. The van der Waals surface area contributed by atoms with E-state index in [-0.39, 0.29) is 5.91 Å². The minimum atomic E-state index is -0.244. The van der Waals surface area contributed by atoms with Crippen molar-refractivity contribution in [2.75, 3.05) is 5.32 Å². The fourth-order valence-electron chi connectivity index (χ4n) is 2.84. The monoisotopic (exact) mass is 357 g/mol. The molecule has 1 amide bonds. The maximum absolute atomic E-state index is 12.9. The molecule has 2 heterocycles. The number of para-hydroxylation sites is 1. The van der Waals surface area contributed by atoms with Gasteiger partial charge in [0.25, 0.3) is 5.91 Å². The van der Waals surface area contributed by atoms with Crippen LogP contribution in [0.1, 0.15) is 15.9 Å². The number of rotatable bonds is 4. The third-order valence-electron chi connectivity index (χ3n) is 4.26. The van der Waals surface area contributed by atoms with Crippen LogP contribution in [0.3, 0.4) is 0 Å². The van der Waals surface area contributed by atoms with Gasteiger partial charge >= 0.3 is 0 Å². The molecule has 0 radical (unpaired) electrons. The molecule has 134 valence electrons. The predicted molar refractivity (Wildman–Crippen MR) is 105 cm³/mol. The van der Waals surface area contributed by atoms with E-state index < -0.39 is 0 Å². The van der Waals surface area contributed by atoms with Crippen LogP contribution in [0, 0.1) is 6.92 Å². The number of nitrogens with one attached hydrogen (secondary N) is 1. The van der Waals surface area contributed by atoms with Crippen molar-refractivity contribution in [2.45, 2.75) is 6.92 Å². The van der Waals surface area contributed by atoms with E-state index in [0.717, 1.165) is 16.8 Å². The topological polar surface area (TPSA) is 64.7 Å². The quantitative estimate of drug-likeness (QED) is 0.604. The Balaban J connectivity index is 1.77. The van der Waals surface area contributed by atoms with Gasteiger partial charge in [-0.1, -0.05) is 48.0 Å². The van der Waals surface area contributed by atoms with E-state index in [4.69, 9.17) is 0 Å². The maximum atomic E-state index is 12.9. The molecular formula is C21H19N5O. The van der Waals surface area contributed by atoms with Gasteiger partial charge in [0.05, 0.1) is 11.3 Å². The molecule has 0 aliphatic rings. The van der Waals surface area contributed by atoms with E-state index in [1.54, 1.807) is 34.9 Å². The minimum absolute atomic E-state index is 0.244. The first-order chi connectivity index (χ1) is 13.1. The Morgan fingerprint density at radius 2 is 1.70 bits per heavy atom. The van der Waals surface area contributed by atoms with Gasteiger partial charge in [-0.25, -0.2) is 4.68 Å². The highest BCUT2D eigenvalue weighted by molar-refractivity contribution is 6.07. The molecular weight excluding hydrogens is 338 g/mol. The second kappa shape index (κ2) is 6.92. The lowest BCUT2D eigenvalue weighted by atomic mass is 10.1. The molecule has 6 heteroatoms. The maximum Gasteiger partial charge on any atom is 0.260 e. The van der Waals surface area contributed by atoms with E-state index in [2.05, 4.69) is 15.5 Å². The van der Waals surface area contributed by atoms with Crippen LogP contribution in [-0.4, -0.2) is 25.5 Å². The smallest absolute Gasteiger partial charge is 0.260 e. The van der Waals surface area contributed by atoms with Crippen LogP contribution < -0.4 is 5.32 Å². The fraction of sp³-hybridized carbons (Fsp3) is 0.0952.